The molecule has 2 aromatic carbocycles. The summed E-state index contributed by atoms with van der Waals surface area (Å²) in [6.07, 6.45) is 0. The minimum atomic E-state index is -3.75. The first kappa shape index (κ1) is 21.9. The van der Waals surface area contributed by atoms with E-state index in [1.807, 2.05) is 24.3 Å². The summed E-state index contributed by atoms with van der Waals surface area (Å²) in [6, 6.07) is 11.8. The molecule has 0 aromatic heterocycles. The lowest BCUT2D eigenvalue weighted by atomic mass is 10.0. The smallest absolute Gasteiger partial charge is 0.244 e. The average Bonchev–Trinajstić information content (AvgIpc) is 2.98. The van der Waals surface area contributed by atoms with Crippen LogP contribution in [0.1, 0.15) is 5.56 Å². The number of amidine groups is 1. The zero-order valence-electron chi connectivity index (χ0n) is 16.5. The van der Waals surface area contributed by atoms with Gasteiger partial charge in [-0.25, -0.2) is 17.7 Å². The van der Waals surface area contributed by atoms with E-state index in [1.54, 1.807) is 25.1 Å². The summed E-state index contributed by atoms with van der Waals surface area (Å²) in [4.78, 5) is 6.18. The minimum Gasteiger partial charge on any atom is -0.497 e. The van der Waals surface area contributed by atoms with Crippen LogP contribution in [0.4, 0.5) is 5.69 Å². The Kier molecular flexibility index (Phi) is 6.16. The highest BCUT2D eigenvalue weighted by Gasteiger charge is 2.43. The molecule has 0 bridgehead atoms. The molecule has 0 aliphatic carbocycles. The highest BCUT2D eigenvalue weighted by Crippen LogP contribution is 2.40. The fourth-order valence-electron chi connectivity index (χ4n) is 2.82. The second-order valence-corrected chi connectivity index (χ2v) is 10.2. The van der Waals surface area contributed by atoms with Gasteiger partial charge in [-0.15, -0.1) is 0 Å². The van der Waals surface area contributed by atoms with E-state index in [-0.39, 0.29) is 9.92 Å². The summed E-state index contributed by atoms with van der Waals surface area (Å²) >= 11 is 7.52. The van der Waals surface area contributed by atoms with Crippen LogP contribution < -0.4 is 4.74 Å². The van der Waals surface area contributed by atoms with Crippen molar-refractivity contribution in [1.29, 1.82) is 0 Å². The van der Waals surface area contributed by atoms with Crippen LogP contribution in [-0.4, -0.2) is 61.9 Å². The molecule has 1 aliphatic rings. The fraction of sp³-hybridized carbons (Fsp3) is 0.316. The first-order valence-electron chi connectivity index (χ1n) is 8.64. The Morgan fingerprint density at radius 1 is 1.24 bits per heavy atom. The first-order chi connectivity index (χ1) is 13.6. The zero-order chi connectivity index (χ0) is 21.4. The molecule has 7 nitrogen and oxygen atoms in total. The number of ether oxygens (including phenoxy) is 1. The van der Waals surface area contributed by atoms with E-state index >= 15 is 0 Å². The average molecular weight is 456 g/mol. The maximum atomic E-state index is 12.6. The number of sulfonamides is 1. The summed E-state index contributed by atoms with van der Waals surface area (Å²) in [7, 11) is 2.43. The zero-order valence-corrected chi connectivity index (χ0v) is 18.8. The topological polar surface area (TPSA) is 82.4 Å². The molecule has 1 unspecified atom stereocenters. The second kappa shape index (κ2) is 8.16. The lowest BCUT2D eigenvalue weighted by Gasteiger charge is -2.31. The van der Waals surface area contributed by atoms with Crippen molar-refractivity contribution in [3.05, 3.63) is 53.1 Å². The Balaban J connectivity index is 1.96. The van der Waals surface area contributed by atoms with Gasteiger partial charge in [0, 0.05) is 26.7 Å². The third kappa shape index (κ3) is 4.10. The Morgan fingerprint density at radius 3 is 2.48 bits per heavy atom. The molecule has 0 radical (unpaired) electrons. The number of thioether (sulfide) groups is 1. The summed E-state index contributed by atoms with van der Waals surface area (Å²) in [5.41, 5.74) is -0.273. The predicted octanol–water partition coefficient (Wildman–Crippen LogP) is 3.11. The molecule has 1 heterocycles. The quantitative estimate of drug-likeness (QED) is 0.745. The molecule has 3 rings (SSSR count). The van der Waals surface area contributed by atoms with Crippen molar-refractivity contribution >= 4 is 44.2 Å². The van der Waals surface area contributed by atoms with Gasteiger partial charge in [0.25, 0.3) is 0 Å². The van der Waals surface area contributed by atoms with E-state index in [4.69, 9.17) is 16.3 Å². The van der Waals surface area contributed by atoms with Crippen LogP contribution in [0.3, 0.4) is 0 Å². The largest absolute Gasteiger partial charge is 0.497 e. The normalized spacial score (nSPS) is 21.2. The molecule has 1 atom stereocenters. The van der Waals surface area contributed by atoms with Gasteiger partial charge < -0.3 is 14.7 Å². The van der Waals surface area contributed by atoms with Gasteiger partial charge in [-0.2, -0.15) is 0 Å². The highest BCUT2D eigenvalue weighted by molar-refractivity contribution is 8.14. The van der Waals surface area contributed by atoms with Crippen molar-refractivity contribution in [1.82, 2.24) is 9.21 Å². The number of aliphatic hydroxyl groups is 1. The monoisotopic (exact) mass is 455 g/mol. The van der Waals surface area contributed by atoms with Crippen molar-refractivity contribution in [3.63, 3.8) is 0 Å². The molecule has 2 aromatic rings. The van der Waals surface area contributed by atoms with Gasteiger partial charge >= 0.3 is 0 Å². The van der Waals surface area contributed by atoms with Gasteiger partial charge in [-0.3, -0.25) is 0 Å². The summed E-state index contributed by atoms with van der Waals surface area (Å²) in [6.45, 7) is 0. The first-order valence-corrected chi connectivity index (χ1v) is 11.4. The van der Waals surface area contributed by atoms with Crippen molar-refractivity contribution in [2.45, 2.75) is 10.6 Å². The number of rotatable bonds is 5. The summed E-state index contributed by atoms with van der Waals surface area (Å²) in [5.74, 6) is 1.02. The van der Waals surface area contributed by atoms with E-state index in [2.05, 4.69) is 4.99 Å². The molecule has 1 aliphatic heterocycles. The van der Waals surface area contributed by atoms with Crippen LogP contribution >= 0.6 is 23.4 Å². The summed E-state index contributed by atoms with van der Waals surface area (Å²) in [5, 5.41) is 12.1. The van der Waals surface area contributed by atoms with Gasteiger partial charge in [0.2, 0.25) is 10.0 Å². The number of hydrogen-bond acceptors (Lipinski definition) is 6. The van der Waals surface area contributed by atoms with Crippen molar-refractivity contribution < 1.29 is 18.3 Å². The third-order valence-corrected chi connectivity index (χ3v) is 8.16. The van der Waals surface area contributed by atoms with E-state index in [0.29, 0.717) is 16.5 Å². The molecule has 0 saturated carbocycles. The number of hydrogen-bond donors (Lipinski definition) is 1. The molecule has 10 heteroatoms. The van der Waals surface area contributed by atoms with Gasteiger partial charge in [0.15, 0.2) is 10.9 Å². The second-order valence-electron chi connectivity index (χ2n) is 6.69. The molecular weight excluding hydrogens is 434 g/mol. The number of benzene rings is 2. The Morgan fingerprint density at radius 2 is 1.90 bits per heavy atom. The molecular formula is C19H22ClN3O4S2. The standard InChI is InChI=1S/C19H22ClN3O4S2/c1-22(2)29(25,26)17-11-13(5-10-16(17)20)19(24)12-28-18(23(19)3)21-14-6-8-15(27-4)9-7-14/h5-11,24H,12H2,1-4H3. The van der Waals surface area contributed by atoms with Gasteiger partial charge in [0.1, 0.15) is 10.6 Å². The van der Waals surface area contributed by atoms with Gasteiger partial charge in [-0.05, 0) is 36.4 Å². The molecule has 0 amide bonds. The molecule has 1 saturated heterocycles. The molecule has 1 fully saturated rings. The lowest BCUT2D eigenvalue weighted by molar-refractivity contribution is -0.0349. The van der Waals surface area contributed by atoms with Crippen molar-refractivity contribution in [3.8, 4) is 5.75 Å². The van der Waals surface area contributed by atoms with Crippen molar-refractivity contribution in [2.75, 3.05) is 34.0 Å². The van der Waals surface area contributed by atoms with Crippen LogP contribution in [0.2, 0.25) is 5.02 Å². The Hall–Kier alpha value is -1.78. The Labute approximate surface area is 180 Å². The van der Waals surface area contributed by atoms with Gasteiger partial charge in [-0.1, -0.05) is 29.4 Å². The maximum absolute atomic E-state index is 12.6. The van der Waals surface area contributed by atoms with E-state index < -0.39 is 15.7 Å². The summed E-state index contributed by atoms with van der Waals surface area (Å²) < 4.78 is 31.4. The van der Waals surface area contributed by atoms with Crippen LogP contribution in [0, 0.1) is 0 Å². The number of halogens is 1. The van der Waals surface area contributed by atoms with Crippen molar-refractivity contribution in [2.24, 2.45) is 4.99 Å². The third-order valence-electron chi connectivity index (χ3n) is 4.69. The predicted molar refractivity (Wildman–Crippen MR) is 117 cm³/mol. The highest BCUT2D eigenvalue weighted by atomic mass is 35.5. The van der Waals surface area contributed by atoms with E-state index in [9.17, 15) is 13.5 Å². The van der Waals surface area contributed by atoms with Crippen LogP contribution in [0.15, 0.2) is 52.4 Å². The van der Waals surface area contributed by atoms with Crippen LogP contribution in [0.25, 0.3) is 0 Å². The minimum absolute atomic E-state index is 0.0472. The molecule has 29 heavy (non-hydrogen) atoms. The van der Waals surface area contributed by atoms with Crippen LogP contribution in [-0.2, 0) is 15.7 Å². The van der Waals surface area contributed by atoms with E-state index in [0.717, 1.165) is 15.7 Å². The number of methoxy groups -OCH3 is 1. The molecule has 0 spiro atoms. The van der Waals surface area contributed by atoms with Crippen LogP contribution in [0.5, 0.6) is 5.75 Å². The maximum Gasteiger partial charge on any atom is 0.244 e. The molecule has 1 N–H and O–H groups in total. The molecule has 156 valence electrons. The van der Waals surface area contributed by atoms with E-state index in [1.165, 1.54) is 38.0 Å². The number of nitrogens with zero attached hydrogens (tertiary/aromatic N) is 3. The fourth-order valence-corrected chi connectivity index (χ4v) is 5.41. The number of aliphatic imine (C=N–C) groups is 1. The SMILES string of the molecule is COc1ccc(N=C2SCC(O)(c3ccc(Cl)c(S(=O)(=O)N(C)C)c3)N2C)cc1. The lowest BCUT2D eigenvalue weighted by Crippen LogP contribution is -2.42. The Bertz CT molecular complexity index is 1040. The van der Waals surface area contributed by atoms with Gasteiger partial charge in [0.05, 0.1) is 23.6 Å².